The van der Waals surface area contributed by atoms with E-state index in [9.17, 15) is 0 Å². The first-order valence-electron chi connectivity index (χ1n) is 4.57. The van der Waals surface area contributed by atoms with Crippen molar-refractivity contribution in [2.24, 2.45) is 16.5 Å². The Kier molecular flexibility index (Phi) is 3.62. The number of nitrogens with two attached hydrogens (primary N) is 3. The molecule has 0 heterocycles. The summed E-state index contributed by atoms with van der Waals surface area (Å²) in [5, 5.41) is 0.00815. The molecule has 0 radical (unpaired) electrons. The SMILES string of the molecule is CCc1ccc(N)c(/C(N)=N/C(N)=S)c1. The Morgan fingerprint density at radius 2 is 2.07 bits per heavy atom. The highest BCUT2D eigenvalue weighted by atomic mass is 32.1. The number of hydrogen-bond acceptors (Lipinski definition) is 2. The molecule has 0 saturated carbocycles. The summed E-state index contributed by atoms with van der Waals surface area (Å²) in [6, 6.07) is 5.65. The summed E-state index contributed by atoms with van der Waals surface area (Å²) in [5.41, 5.74) is 19.2. The van der Waals surface area contributed by atoms with Crippen molar-refractivity contribution in [2.75, 3.05) is 5.73 Å². The number of nitrogen functional groups attached to an aromatic ring is 1. The van der Waals surface area contributed by atoms with Crippen molar-refractivity contribution < 1.29 is 0 Å². The molecule has 15 heavy (non-hydrogen) atoms. The Balaban J connectivity index is 3.17. The van der Waals surface area contributed by atoms with E-state index in [2.05, 4.69) is 24.1 Å². The third-order valence-electron chi connectivity index (χ3n) is 2.03. The van der Waals surface area contributed by atoms with Crippen LogP contribution in [0.4, 0.5) is 5.69 Å². The summed E-state index contributed by atoms with van der Waals surface area (Å²) < 4.78 is 0. The minimum absolute atomic E-state index is 0.00815. The van der Waals surface area contributed by atoms with Crippen LogP contribution in [-0.2, 0) is 6.42 Å². The van der Waals surface area contributed by atoms with Crippen LogP contribution in [0.2, 0.25) is 0 Å². The van der Waals surface area contributed by atoms with E-state index in [0.717, 1.165) is 12.0 Å². The van der Waals surface area contributed by atoms with Gasteiger partial charge in [0.05, 0.1) is 0 Å². The maximum atomic E-state index is 5.78. The van der Waals surface area contributed by atoms with Crippen LogP contribution < -0.4 is 17.2 Å². The zero-order valence-electron chi connectivity index (χ0n) is 8.53. The van der Waals surface area contributed by atoms with E-state index in [-0.39, 0.29) is 10.9 Å². The van der Waals surface area contributed by atoms with Gasteiger partial charge in [-0.2, -0.15) is 0 Å². The summed E-state index contributed by atoms with van der Waals surface area (Å²) in [7, 11) is 0. The second kappa shape index (κ2) is 4.75. The topological polar surface area (TPSA) is 90.4 Å². The molecule has 0 saturated heterocycles. The van der Waals surface area contributed by atoms with Crippen molar-refractivity contribution in [2.45, 2.75) is 13.3 Å². The molecular weight excluding hydrogens is 208 g/mol. The number of anilines is 1. The molecule has 0 aliphatic rings. The lowest BCUT2D eigenvalue weighted by Crippen LogP contribution is -2.19. The second-order valence-electron chi connectivity index (χ2n) is 3.11. The number of hydrogen-bond donors (Lipinski definition) is 3. The fourth-order valence-corrected chi connectivity index (χ4v) is 1.32. The van der Waals surface area contributed by atoms with Crippen LogP contribution in [0.25, 0.3) is 0 Å². The van der Waals surface area contributed by atoms with Gasteiger partial charge in [-0.05, 0) is 36.3 Å². The summed E-state index contributed by atoms with van der Waals surface area (Å²) in [6.45, 7) is 2.05. The number of nitrogens with zero attached hydrogens (tertiary/aromatic N) is 1. The number of aryl methyl sites for hydroxylation is 1. The Morgan fingerprint density at radius 1 is 1.40 bits per heavy atom. The first-order chi connectivity index (χ1) is 7.04. The van der Waals surface area contributed by atoms with Crippen LogP contribution in [-0.4, -0.2) is 10.9 Å². The standard InChI is InChI=1S/C10H14N4S/c1-2-6-3-4-8(11)7(5-6)9(12)14-10(13)15/h3-5H,2,11H2,1H3,(H4,12,13,14,15). The van der Waals surface area contributed by atoms with Crippen molar-refractivity contribution in [1.82, 2.24) is 0 Å². The molecule has 0 aliphatic carbocycles. The van der Waals surface area contributed by atoms with Gasteiger partial charge in [-0.15, -0.1) is 0 Å². The normalized spacial score (nSPS) is 11.4. The fraction of sp³-hybridized carbons (Fsp3) is 0.200. The first-order valence-corrected chi connectivity index (χ1v) is 4.97. The van der Waals surface area contributed by atoms with Gasteiger partial charge in [-0.1, -0.05) is 13.0 Å². The van der Waals surface area contributed by atoms with Crippen LogP contribution >= 0.6 is 12.2 Å². The summed E-state index contributed by atoms with van der Waals surface area (Å²) >= 11 is 4.65. The van der Waals surface area contributed by atoms with Crippen molar-refractivity contribution in [1.29, 1.82) is 0 Å². The monoisotopic (exact) mass is 222 g/mol. The molecule has 6 N–H and O–H groups in total. The Bertz CT molecular complexity index is 412. The van der Waals surface area contributed by atoms with Gasteiger partial charge in [0.25, 0.3) is 0 Å². The van der Waals surface area contributed by atoms with Crippen LogP contribution in [0.15, 0.2) is 23.2 Å². The third kappa shape index (κ3) is 2.92. The van der Waals surface area contributed by atoms with Crippen LogP contribution in [0.5, 0.6) is 0 Å². The lowest BCUT2D eigenvalue weighted by atomic mass is 10.1. The molecule has 1 aromatic carbocycles. The summed E-state index contributed by atoms with van der Waals surface area (Å²) in [5.74, 6) is 0.260. The second-order valence-corrected chi connectivity index (χ2v) is 3.53. The smallest absolute Gasteiger partial charge is 0.192 e. The van der Waals surface area contributed by atoms with Gasteiger partial charge in [0.1, 0.15) is 5.84 Å². The lowest BCUT2D eigenvalue weighted by Gasteiger charge is -2.06. The third-order valence-corrected chi connectivity index (χ3v) is 2.12. The number of amidine groups is 1. The van der Waals surface area contributed by atoms with Crippen molar-refractivity contribution in [3.63, 3.8) is 0 Å². The van der Waals surface area contributed by atoms with Gasteiger partial charge in [-0.3, -0.25) is 0 Å². The van der Waals surface area contributed by atoms with Crippen LogP contribution in [0, 0.1) is 0 Å². The molecule has 0 amide bonds. The maximum absolute atomic E-state index is 5.78. The zero-order chi connectivity index (χ0) is 11.4. The molecule has 5 heteroatoms. The fourth-order valence-electron chi connectivity index (χ4n) is 1.22. The molecule has 0 spiro atoms. The maximum Gasteiger partial charge on any atom is 0.192 e. The van der Waals surface area contributed by atoms with Crippen molar-refractivity contribution in [3.05, 3.63) is 29.3 Å². The van der Waals surface area contributed by atoms with Gasteiger partial charge in [0.15, 0.2) is 5.11 Å². The highest BCUT2D eigenvalue weighted by Crippen LogP contribution is 2.14. The van der Waals surface area contributed by atoms with E-state index >= 15 is 0 Å². The summed E-state index contributed by atoms with van der Waals surface area (Å²) in [6.07, 6.45) is 0.910. The van der Waals surface area contributed by atoms with Crippen molar-refractivity contribution in [3.8, 4) is 0 Å². The van der Waals surface area contributed by atoms with E-state index in [4.69, 9.17) is 17.2 Å². The highest BCUT2D eigenvalue weighted by molar-refractivity contribution is 7.80. The summed E-state index contributed by atoms with van der Waals surface area (Å²) in [4.78, 5) is 3.81. The molecular formula is C10H14N4S. The average Bonchev–Trinajstić information content (AvgIpc) is 2.17. The lowest BCUT2D eigenvalue weighted by molar-refractivity contribution is 1.14. The van der Waals surface area contributed by atoms with Gasteiger partial charge in [0.2, 0.25) is 0 Å². The van der Waals surface area contributed by atoms with Gasteiger partial charge in [-0.25, -0.2) is 4.99 Å². The number of rotatable bonds is 2. The van der Waals surface area contributed by atoms with Crippen LogP contribution in [0.3, 0.4) is 0 Å². The van der Waals surface area contributed by atoms with Gasteiger partial charge in [0, 0.05) is 11.3 Å². The van der Waals surface area contributed by atoms with E-state index in [1.165, 1.54) is 0 Å². The molecule has 80 valence electrons. The van der Waals surface area contributed by atoms with Gasteiger partial charge >= 0.3 is 0 Å². The Labute approximate surface area is 94.2 Å². The van der Waals surface area contributed by atoms with E-state index in [1.54, 1.807) is 6.07 Å². The Morgan fingerprint density at radius 3 is 2.60 bits per heavy atom. The minimum atomic E-state index is 0.00815. The first kappa shape index (κ1) is 11.5. The average molecular weight is 222 g/mol. The molecule has 1 aromatic rings. The molecule has 0 bridgehead atoms. The largest absolute Gasteiger partial charge is 0.398 e. The van der Waals surface area contributed by atoms with E-state index < -0.39 is 0 Å². The molecule has 0 aliphatic heterocycles. The minimum Gasteiger partial charge on any atom is -0.398 e. The molecule has 0 unspecified atom stereocenters. The number of benzene rings is 1. The quantitative estimate of drug-likeness (QED) is 0.298. The van der Waals surface area contributed by atoms with Crippen LogP contribution in [0.1, 0.15) is 18.1 Å². The molecule has 0 aromatic heterocycles. The van der Waals surface area contributed by atoms with E-state index in [0.29, 0.717) is 11.3 Å². The number of thiocarbonyl (C=S) groups is 1. The molecule has 0 fully saturated rings. The zero-order valence-corrected chi connectivity index (χ0v) is 9.34. The van der Waals surface area contributed by atoms with Crippen molar-refractivity contribution >= 4 is 28.9 Å². The predicted octanol–water partition coefficient (Wildman–Crippen LogP) is 0.780. The molecule has 1 rings (SSSR count). The number of aliphatic imine (C=N–C) groups is 1. The van der Waals surface area contributed by atoms with Gasteiger partial charge < -0.3 is 17.2 Å². The molecule has 4 nitrogen and oxygen atoms in total. The predicted molar refractivity (Wildman–Crippen MR) is 67.7 cm³/mol. The molecule has 0 atom stereocenters. The van der Waals surface area contributed by atoms with E-state index in [1.807, 2.05) is 12.1 Å². The Hall–Kier alpha value is -1.62. The highest BCUT2D eigenvalue weighted by Gasteiger charge is 2.05.